The minimum atomic E-state index is -0.484. The molecule has 1 aliphatic carbocycles. The average Bonchev–Trinajstić information content (AvgIpc) is 2.53. The number of carbonyl (C=O) groups excluding carboxylic acids is 1. The second kappa shape index (κ2) is 6.38. The Morgan fingerprint density at radius 1 is 1.20 bits per heavy atom. The Kier molecular flexibility index (Phi) is 4.41. The maximum atomic E-state index is 11.6. The Hall–Kier alpha value is -2.57. The van der Waals surface area contributed by atoms with Gasteiger partial charge in [0.15, 0.2) is 0 Å². The molecule has 0 aromatic heterocycles. The summed E-state index contributed by atoms with van der Waals surface area (Å²) in [6, 6.07) is 4.00. The van der Waals surface area contributed by atoms with Gasteiger partial charge < -0.3 is 16.8 Å². The number of anilines is 2. The van der Waals surface area contributed by atoms with Crippen LogP contribution in [0.25, 0.3) is 0 Å². The second-order valence-corrected chi connectivity index (χ2v) is 6.90. The summed E-state index contributed by atoms with van der Waals surface area (Å²) in [6.07, 6.45) is 5.10. The van der Waals surface area contributed by atoms with Crippen molar-refractivity contribution in [3.05, 3.63) is 23.3 Å². The van der Waals surface area contributed by atoms with Crippen molar-refractivity contribution < 1.29 is 4.79 Å². The van der Waals surface area contributed by atoms with Gasteiger partial charge in [-0.1, -0.05) is 12.5 Å². The van der Waals surface area contributed by atoms with E-state index in [2.05, 4.69) is 10.3 Å². The minimum absolute atomic E-state index is 0.0988. The first-order valence-electron chi connectivity index (χ1n) is 8.71. The molecule has 1 amide bonds. The van der Waals surface area contributed by atoms with E-state index in [0.29, 0.717) is 5.96 Å². The molecule has 0 saturated heterocycles. The predicted molar refractivity (Wildman–Crippen MR) is 102 cm³/mol. The minimum Gasteiger partial charge on any atom is -0.369 e. The van der Waals surface area contributed by atoms with Gasteiger partial charge in [-0.25, -0.2) is 4.99 Å². The van der Waals surface area contributed by atoms with Gasteiger partial charge in [-0.2, -0.15) is 4.99 Å². The van der Waals surface area contributed by atoms with Crippen LogP contribution in [-0.4, -0.2) is 23.5 Å². The zero-order valence-electron chi connectivity index (χ0n) is 15.1. The lowest BCUT2D eigenvalue weighted by Crippen LogP contribution is -2.58. The largest absolute Gasteiger partial charge is 0.369 e. The highest BCUT2D eigenvalue weighted by Gasteiger charge is 2.43. The van der Waals surface area contributed by atoms with E-state index in [0.717, 1.165) is 48.2 Å². The maximum absolute atomic E-state index is 11.6. The van der Waals surface area contributed by atoms with Crippen molar-refractivity contribution in [2.45, 2.75) is 58.5 Å². The van der Waals surface area contributed by atoms with E-state index in [1.54, 1.807) is 0 Å². The normalized spacial score (nSPS) is 19.4. The summed E-state index contributed by atoms with van der Waals surface area (Å²) in [4.78, 5) is 22.5. The van der Waals surface area contributed by atoms with Crippen LogP contribution in [0.2, 0.25) is 0 Å². The number of aliphatic imine (C=N–C) groups is 2. The number of guanidine groups is 2. The molecule has 25 heavy (non-hydrogen) atoms. The Morgan fingerprint density at radius 2 is 1.88 bits per heavy atom. The number of benzene rings is 1. The lowest BCUT2D eigenvalue weighted by Gasteiger charge is -2.46. The van der Waals surface area contributed by atoms with E-state index in [1.807, 2.05) is 30.9 Å². The van der Waals surface area contributed by atoms with Crippen molar-refractivity contribution in [2.24, 2.45) is 21.5 Å². The molecule has 134 valence electrons. The van der Waals surface area contributed by atoms with Gasteiger partial charge in [0, 0.05) is 12.6 Å². The smallest absolute Gasteiger partial charge is 0.221 e. The number of hydrogen-bond donors (Lipinski definition) is 3. The van der Waals surface area contributed by atoms with Crippen molar-refractivity contribution in [1.29, 1.82) is 0 Å². The molecule has 1 aromatic carbocycles. The third-order valence-electron chi connectivity index (χ3n) is 5.04. The Morgan fingerprint density at radius 3 is 2.52 bits per heavy atom. The van der Waals surface area contributed by atoms with Gasteiger partial charge >= 0.3 is 0 Å². The number of aryl methyl sites for hydroxylation is 1. The molecular weight excluding hydrogens is 316 g/mol. The lowest BCUT2D eigenvalue weighted by atomic mass is 9.86. The number of rotatable bonds is 2. The van der Waals surface area contributed by atoms with Crippen LogP contribution in [0.1, 0.15) is 50.2 Å². The van der Waals surface area contributed by atoms with Crippen molar-refractivity contribution in [3.8, 4) is 0 Å². The highest BCUT2D eigenvalue weighted by Crippen LogP contribution is 2.42. The van der Waals surface area contributed by atoms with Crippen LogP contribution < -0.4 is 21.7 Å². The molecule has 1 spiro atoms. The quantitative estimate of drug-likeness (QED) is 0.766. The first kappa shape index (κ1) is 17.3. The van der Waals surface area contributed by atoms with Crippen LogP contribution in [0.3, 0.4) is 0 Å². The SMILES string of the molecule is CC(=O)Nc1c(C)ccc(N2C(N)=NC(N)=NC23CCCCC3)c1C. The van der Waals surface area contributed by atoms with E-state index in [-0.39, 0.29) is 11.9 Å². The first-order chi connectivity index (χ1) is 11.8. The number of amides is 1. The van der Waals surface area contributed by atoms with Crippen molar-refractivity contribution >= 4 is 29.2 Å². The molecule has 5 N–H and O–H groups in total. The number of nitrogens with zero attached hydrogens (tertiary/aromatic N) is 3. The maximum Gasteiger partial charge on any atom is 0.221 e. The Bertz CT molecular complexity index is 761. The van der Waals surface area contributed by atoms with Crippen LogP contribution in [-0.2, 0) is 4.79 Å². The highest BCUT2D eigenvalue weighted by molar-refractivity contribution is 6.06. The second-order valence-electron chi connectivity index (χ2n) is 6.90. The van der Waals surface area contributed by atoms with E-state index in [1.165, 1.54) is 13.3 Å². The lowest BCUT2D eigenvalue weighted by molar-refractivity contribution is -0.114. The third-order valence-corrected chi connectivity index (χ3v) is 5.04. The Labute approximate surface area is 148 Å². The van der Waals surface area contributed by atoms with E-state index in [9.17, 15) is 4.79 Å². The molecule has 1 aromatic rings. The summed E-state index contributed by atoms with van der Waals surface area (Å²) in [7, 11) is 0. The number of nitrogens with two attached hydrogens (primary N) is 2. The number of hydrogen-bond acceptors (Lipinski definition) is 6. The Balaban J connectivity index is 2.13. The van der Waals surface area contributed by atoms with Gasteiger partial charge in [0.05, 0.1) is 5.69 Å². The zero-order valence-corrected chi connectivity index (χ0v) is 15.1. The van der Waals surface area contributed by atoms with E-state index >= 15 is 0 Å². The van der Waals surface area contributed by atoms with Gasteiger partial charge in [0.2, 0.25) is 17.8 Å². The molecule has 1 heterocycles. The van der Waals surface area contributed by atoms with Crippen molar-refractivity contribution in [3.63, 3.8) is 0 Å². The molecule has 1 saturated carbocycles. The molecule has 0 bridgehead atoms. The highest BCUT2D eigenvalue weighted by atomic mass is 16.1. The van der Waals surface area contributed by atoms with E-state index < -0.39 is 5.66 Å². The fourth-order valence-corrected chi connectivity index (χ4v) is 3.92. The molecule has 1 fully saturated rings. The van der Waals surface area contributed by atoms with Crippen molar-refractivity contribution in [2.75, 3.05) is 10.2 Å². The summed E-state index contributed by atoms with van der Waals surface area (Å²) >= 11 is 0. The standard InChI is InChI=1S/C18H26N6O/c1-11-7-8-14(12(2)15(11)21-13(3)25)24-17(20)22-16(19)23-18(24)9-5-4-6-10-18/h7-8H,4-6,9-10H2,1-3H3,(H,21,25)(H4,19,20,22,23). The van der Waals surface area contributed by atoms with Crippen LogP contribution in [0.15, 0.2) is 22.1 Å². The van der Waals surface area contributed by atoms with Gasteiger partial charge in [0.25, 0.3) is 0 Å². The molecule has 3 rings (SSSR count). The molecule has 0 radical (unpaired) electrons. The summed E-state index contributed by atoms with van der Waals surface area (Å²) in [5, 5.41) is 2.93. The summed E-state index contributed by atoms with van der Waals surface area (Å²) in [5.74, 6) is 0.496. The number of nitrogens with one attached hydrogen (secondary N) is 1. The molecule has 0 unspecified atom stereocenters. The average molecular weight is 342 g/mol. The molecular formula is C18H26N6O. The number of carbonyl (C=O) groups is 1. The molecule has 2 aliphatic rings. The van der Waals surface area contributed by atoms with Crippen LogP contribution in [0.5, 0.6) is 0 Å². The third kappa shape index (κ3) is 3.06. The molecule has 0 atom stereocenters. The summed E-state index contributed by atoms with van der Waals surface area (Å²) < 4.78 is 0. The van der Waals surface area contributed by atoms with Gasteiger partial charge in [-0.05, 0) is 56.7 Å². The molecule has 7 heteroatoms. The van der Waals surface area contributed by atoms with Gasteiger partial charge in [0.1, 0.15) is 5.66 Å². The van der Waals surface area contributed by atoms with Gasteiger partial charge in [-0.15, -0.1) is 0 Å². The molecule has 7 nitrogen and oxygen atoms in total. The fourth-order valence-electron chi connectivity index (χ4n) is 3.92. The van der Waals surface area contributed by atoms with Crippen LogP contribution in [0.4, 0.5) is 11.4 Å². The monoisotopic (exact) mass is 342 g/mol. The van der Waals surface area contributed by atoms with E-state index in [4.69, 9.17) is 16.5 Å². The summed E-state index contributed by atoms with van der Waals surface area (Å²) in [5.41, 5.74) is 15.4. The van der Waals surface area contributed by atoms with Crippen LogP contribution in [0, 0.1) is 13.8 Å². The predicted octanol–water partition coefficient (Wildman–Crippen LogP) is 2.37. The topological polar surface area (TPSA) is 109 Å². The zero-order chi connectivity index (χ0) is 18.2. The first-order valence-corrected chi connectivity index (χ1v) is 8.71. The fraction of sp³-hybridized carbons (Fsp3) is 0.500. The summed E-state index contributed by atoms with van der Waals surface area (Å²) in [6.45, 7) is 5.47. The van der Waals surface area contributed by atoms with Crippen molar-refractivity contribution in [1.82, 2.24) is 0 Å². The molecule has 1 aliphatic heterocycles. The van der Waals surface area contributed by atoms with Crippen LogP contribution >= 0.6 is 0 Å². The van der Waals surface area contributed by atoms with Gasteiger partial charge in [-0.3, -0.25) is 9.69 Å².